The molecule has 0 bridgehead atoms. The topological polar surface area (TPSA) is 68.4 Å². The van der Waals surface area contributed by atoms with E-state index in [9.17, 15) is 4.79 Å². The van der Waals surface area contributed by atoms with E-state index in [-0.39, 0.29) is 11.4 Å². The minimum atomic E-state index is -0.140. The van der Waals surface area contributed by atoms with E-state index in [1.807, 2.05) is 59.5 Å². The highest BCUT2D eigenvalue weighted by Crippen LogP contribution is 2.42. The van der Waals surface area contributed by atoms with Crippen molar-refractivity contribution in [1.29, 1.82) is 0 Å². The number of piperidine rings is 1. The van der Waals surface area contributed by atoms with Crippen molar-refractivity contribution in [1.82, 2.24) is 29.1 Å². The van der Waals surface area contributed by atoms with Gasteiger partial charge in [0.15, 0.2) is 0 Å². The van der Waals surface area contributed by atoms with Crippen LogP contribution in [-0.2, 0) is 19.1 Å². The maximum atomic E-state index is 13.2. The summed E-state index contributed by atoms with van der Waals surface area (Å²) >= 11 is 0. The van der Waals surface area contributed by atoms with Crippen molar-refractivity contribution in [2.45, 2.75) is 31.8 Å². The van der Waals surface area contributed by atoms with Gasteiger partial charge in [-0.2, -0.15) is 5.10 Å². The second kappa shape index (κ2) is 8.09. The molecule has 1 saturated heterocycles. The molecular weight excluding hydrogens is 404 g/mol. The maximum Gasteiger partial charge on any atom is 0.253 e. The minimum absolute atomic E-state index is 0.0667. The van der Waals surface area contributed by atoms with Gasteiger partial charge < -0.3 is 14.2 Å². The van der Waals surface area contributed by atoms with E-state index in [1.165, 1.54) is 0 Å². The Morgan fingerprint density at radius 1 is 1.16 bits per heavy atom. The normalized spacial score (nSPS) is 18.0. The van der Waals surface area contributed by atoms with Gasteiger partial charge in [-0.15, -0.1) is 0 Å². The van der Waals surface area contributed by atoms with Crippen LogP contribution in [-0.4, -0.2) is 68.3 Å². The third-order valence-corrected chi connectivity index (χ3v) is 7.05. The largest absolute Gasteiger partial charge is 0.497 e. The van der Waals surface area contributed by atoms with Crippen LogP contribution in [0.1, 0.15) is 35.9 Å². The number of imidazole rings is 1. The third-order valence-electron chi connectivity index (χ3n) is 7.05. The Morgan fingerprint density at radius 3 is 2.66 bits per heavy atom. The SMILES string of the molecule is CCN1CCn2c(-c3cnn(C)c3)cnc2C12CCN(C(=O)c1cccc(OC)c1)CC2. The summed E-state index contributed by atoms with van der Waals surface area (Å²) in [6.07, 6.45) is 7.68. The number of likely N-dealkylation sites (tertiary alicyclic amines) is 1. The van der Waals surface area contributed by atoms with Gasteiger partial charge in [-0.25, -0.2) is 4.98 Å². The number of aromatic nitrogens is 4. The van der Waals surface area contributed by atoms with Crippen LogP contribution in [0.4, 0.5) is 0 Å². The number of ether oxygens (including phenoxy) is 1. The number of nitrogens with zero attached hydrogens (tertiary/aromatic N) is 6. The van der Waals surface area contributed by atoms with Gasteiger partial charge in [0.25, 0.3) is 5.91 Å². The third kappa shape index (κ3) is 3.30. The lowest BCUT2D eigenvalue weighted by molar-refractivity contribution is -0.00313. The molecule has 2 aliphatic heterocycles. The Balaban J connectivity index is 1.42. The van der Waals surface area contributed by atoms with Crippen molar-refractivity contribution in [3.05, 3.63) is 54.2 Å². The molecule has 3 aromatic rings. The molecule has 1 aromatic carbocycles. The minimum Gasteiger partial charge on any atom is -0.497 e. The fraction of sp³-hybridized carbons (Fsp3) is 0.458. The molecule has 2 aromatic heterocycles. The van der Waals surface area contributed by atoms with Crippen LogP contribution < -0.4 is 4.74 Å². The number of methoxy groups -OCH3 is 1. The van der Waals surface area contributed by atoms with Crippen LogP contribution in [0.15, 0.2) is 42.9 Å². The fourth-order valence-corrected chi connectivity index (χ4v) is 5.35. The van der Waals surface area contributed by atoms with E-state index in [4.69, 9.17) is 9.72 Å². The average Bonchev–Trinajstić information content (AvgIpc) is 3.46. The van der Waals surface area contributed by atoms with Crippen LogP contribution in [0.2, 0.25) is 0 Å². The van der Waals surface area contributed by atoms with E-state index in [0.29, 0.717) is 24.4 Å². The van der Waals surface area contributed by atoms with E-state index in [0.717, 1.165) is 49.6 Å². The number of hydrogen-bond donors (Lipinski definition) is 0. The molecule has 8 heteroatoms. The Hall–Kier alpha value is -3.13. The highest BCUT2D eigenvalue weighted by Gasteiger charge is 2.47. The van der Waals surface area contributed by atoms with Crippen molar-refractivity contribution in [3.63, 3.8) is 0 Å². The molecule has 0 saturated carbocycles. The van der Waals surface area contributed by atoms with Gasteiger partial charge in [0.1, 0.15) is 11.6 Å². The standard InChI is InChI=1S/C24H30N6O2/c1-4-29-12-13-30-21(19-15-26-27(2)17-19)16-25-23(30)24(29)8-10-28(11-9-24)22(31)18-6-5-7-20(14-18)32-3/h5-7,14-17H,4,8-13H2,1-3H3. The van der Waals surface area contributed by atoms with Crippen LogP contribution in [0.5, 0.6) is 5.75 Å². The van der Waals surface area contributed by atoms with E-state index < -0.39 is 0 Å². The molecule has 1 amide bonds. The van der Waals surface area contributed by atoms with E-state index >= 15 is 0 Å². The Bertz CT molecular complexity index is 1130. The van der Waals surface area contributed by atoms with Crippen LogP contribution in [0.25, 0.3) is 11.3 Å². The molecule has 168 valence electrons. The number of rotatable bonds is 4. The first-order valence-electron chi connectivity index (χ1n) is 11.3. The first kappa shape index (κ1) is 20.8. The van der Waals surface area contributed by atoms with E-state index in [1.54, 1.807) is 7.11 Å². The molecule has 4 heterocycles. The van der Waals surface area contributed by atoms with Crippen molar-refractivity contribution in [2.75, 3.05) is 33.3 Å². The maximum absolute atomic E-state index is 13.2. The van der Waals surface area contributed by atoms with Gasteiger partial charge in [0.2, 0.25) is 0 Å². The summed E-state index contributed by atoms with van der Waals surface area (Å²) in [7, 11) is 3.56. The summed E-state index contributed by atoms with van der Waals surface area (Å²) in [6.45, 7) is 6.51. The fourth-order valence-electron chi connectivity index (χ4n) is 5.35. The number of hydrogen-bond acceptors (Lipinski definition) is 5. The summed E-state index contributed by atoms with van der Waals surface area (Å²) in [5, 5.41) is 4.34. The highest BCUT2D eigenvalue weighted by atomic mass is 16.5. The number of aryl methyl sites for hydroxylation is 1. The van der Waals surface area contributed by atoms with Gasteiger partial charge in [-0.05, 0) is 37.6 Å². The van der Waals surface area contributed by atoms with Crippen molar-refractivity contribution in [3.8, 4) is 17.0 Å². The molecule has 0 radical (unpaired) electrons. The summed E-state index contributed by atoms with van der Waals surface area (Å²) in [4.78, 5) is 22.6. The van der Waals surface area contributed by atoms with Crippen LogP contribution >= 0.6 is 0 Å². The summed E-state index contributed by atoms with van der Waals surface area (Å²) in [5.41, 5.74) is 2.75. The Labute approximate surface area is 188 Å². The lowest BCUT2D eigenvalue weighted by atomic mass is 9.83. The van der Waals surface area contributed by atoms with Crippen molar-refractivity contribution < 1.29 is 9.53 Å². The number of benzene rings is 1. The number of fused-ring (bicyclic) bond motifs is 2. The zero-order valence-corrected chi connectivity index (χ0v) is 19.0. The molecule has 0 atom stereocenters. The molecule has 1 spiro atoms. The second-order valence-electron chi connectivity index (χ2n) is 8.66. The molecule has 1 fully saturated rings. The lowest BCUT2D eigenvalue weighted by Crippen LogP contribution is -2.58. The van der Waals surface area contributed by atoms with Gasteiger partial charge in [0.05, 0.1) is 30.7 Å². The van der Waals surface area contributed by atoms with Crippen molar-refractivity contribution >= 4 is 5.91 Å². The molecular formula is C24H30N6O2. The molecule has 32 heavy (non-hydrogen) atoms. The molecule has 2 aliphatic rings. The molecule has 0 N–H and O–H groups in total. The number of carbonyl (C=O) groups excluding carboxylic acids is 1. The van der Waals surface area contributed by atoms with Gasteiger partial charge >= 0.3 is 0 Å². The second-order valence-corrected chi connectivity index (χ2v) is 8.66. The Kier molecular flexibility index (Phi) is 5.25. The zero-order valence-electron chi connectivity index (χ0n) is 19.0. The molecule has 0 aliphatic carbocycles. The lowest BCUT2D eigenvalue weighted by Gasteiger charge is -2.50. The molecule has 5 rings (SSSR count). The van der Waals surface area contributed by atoms with Crippen LogP contribution in [0, 0.1) is 0 Å². The summed E-state index contributed by atoms with van der Waals surface area (Å²) < 4.78 is 9.49. The predicted molar refractivity (Wildman–Crippen MR) is 121 cm³/mol. The first-order chi connectivity index (χ1) is 15.6. The average molecular weight is 435 g/mol. The smallest absolute Gasteiger partial charge is 0.253 e. The highest BCUT2D eigenvalue weighted by molar-refractivity contribution is 5.94. The van der Waals surface area contributed by atoms with Gasteiger partial charge in [-0.3, -0.25) is 14.4 Å². The molecule has 8 nitrogen and oxygen atoms in total. The van der Waals surface area contributed by atoms with Crippen molar-refractivity contribution in [2.24, 2.45) is 7.05 Å². The number of amides is 1. The number of likely N-dealkylation sites (N-methyl/N-ethyl adjacent to an activating group) is 1. The van der Waals surface area contributed by atoms with E-state index in [2.05, 4.69) is 21.5 Å². The van der Waals surface area contributed by atoms with Gasteiger partial charge in [0, 0.05) is 50.6 Å². The summed E-state index contributed by atoms with van der Waals surface area (Å²) in [5.74, 6) is 1.90. The first-order valence-corrected chi connectivity index (χ1v) is 11.3. The number of carbonyl (C=O) groups is 1. The van der Waals surface area contributed by atoms with Crippen LogP contribution in [0.3, 0.4) is 0 Å². The van der Waals surface area contributed by atoms with Gasteiger partial charge in [-0.1, -0.05) is 13.0 Å². The predicted octanol–water partition coefficient (Wildman–Crippen LogP) is 2.76. The zero-order chi connectivity index (χ0) is 22.3. The Morgan fingerprint density at radius 2 is 1.97 bits per heavy atom. The molecule has 0 unspecified atom stereocenters. The summed E-state index contributed by atoms with van der Waals surface area (Å²) in [6, 6.07) is 7.41. The quantitative estimate of drug-likeness (QED) is 0.632. The monoisotopic (exact) mass is 434 g/mol.